The number of carbonyl (C=O) groups is 1. The fraction of sp³-hybridized carbons (Fsp3) is 0.188. The van der Waals surface area contributed by atoms with E-state index in [2.05, 4.69) is 0 Å². The number of nitro groups is 1. The normalized spacial score (nSPS) is 22.9. The van der Waals surface area contributed by atoms with Crippen LogP contribution in [0.3, 0.4) is 0 Å². The van der Waals surface area contributed by atoms with Crippen molar-refractivity contribution in [3.63, 3.8) is 0 Å². The Morgan fingerprint density at radius 3 is 2.70 bits per heavy atom. The van der Waals surface area contributed by atoms with Crippen molar-refractivity contribution in [3.05, 3.63) is 69.8 Å². The van der Waals surface area contributed by atoms with Crippen molar-refractivity contribution >= 4 is 17.4 Å². The smallest absolute Gasteiger partial charge is 0.397 e. The fourth-order valence-electron chi connectivity index (χ4n) is 2.54. The molecule has 2 aromatic rings. The van der Waals surface area contributed by atoms with Crippen LogP contribution in [0.4, 0.5) is 0 Å². The first kappa shape index (κ1) is 15.3. The first-order valence-electron chi connectivity index (χ1n) is 6.76. The maximum Gasteiger partial charge on any atom is 0.397 e. The van der Waals surface area contributed by atoms with Crippen molar-refractivity contribution in [3.8, 4) is 11.5 Å². The minimum Gasteiger partial charge on any atom is -0.497 e. The summed E-state index contributed by atoms with van der Waals surface area (Å²) in [6.07, 6.45) is -1.27. The van der Waals surface area contributed by atoms with E-state index >= 15 is 0 Å². The van der Waals surface area contributed by atoms with Gasteiger partial charge in [-0.3, -0.25) is 14.9 Å². The number of hydrogen-bond acceptors (Lipinski definition) is 5. The summed E-state index contributed by atoms with van der Waals surface area (Å²) in [5.41, 5.74) is 0.484. The Kier molecular flexibility index (Phi) is 3.69. The van der Waals surface area contributed by atoms with E-state index in [0.29, 0.717) is 11.3 Å². The molecule has 0 saturated heterocycles. The average molecular weight is 334 g/mol. The van der Waals surface area contributed by atoms with Gasteiger partial charge in [0, 0.05) is 5.56 Å². The summed E-state index contributed by atoms with van der Waals surface area (Å²) in [4.78, 5) is 21.0. The van der Waals surface area contributed by atoms with Crippen LogP contribution in [0.5, 0.6) is 11.5 Å². The molecule has 23 heavy (non-hydrogen) atoms. The van der Waals surface area contributed by atoms with Crippen molar-refractivity contribution in [2.24, 2.45) is 0 Å². The van der Waals surface area contributed by atoms with Crippen LogP contribution in [-0.2, 0) is 0 Å². The molecule has 0 spiro atoms. The number of ketones is 1. The second-order valence-electron chi connectivity index (χ2n) is 5.03. The lowest BCUT2D eigenvalue weighted by molar-refractivity contribution is -0.536. The number of benzene rings is 2. The number of Topliss-reactive ketones (excluding diaryl/α,β-unsaturated/α-hetero) is 1. The summed E-state index contributed by atoms with van der Waals surface area (Å²) < 4.78 is 10.8. The molecule has 0 bridgehead atoms. The molecule has 0 N–H and O–H groups in total. The maximum absolute atomic E-state index is 12.6. The van der Waals surface area contributed by atoms with Crippen LogP contribution in [-0.4, -0.2) is 22.8 Å². The zero-order chi connectivity index (χ0) is 16.6. The van der Waals surface area contributed by atoms with Gasteiger partial charge in [-0.05, 0) is 35.9 Å². The second-order valence-corrected chi connectivity index (χ2v) is 5.61. The number of methoxy groups -OCH3 is 1. The summed E-state index contributed by atoms with van der Waals surface area (Å²) in [6, 6.07) is 12.8. The number of halogens is 1. The van der Waals surface area contributed by atoms with Gasteiger partial charge in [-0.2, -0.15) is 0 Å². The van der Waals surface area contributed by atoms with Crippen LogP contribution in [0.2, 0.25) is 0 Å². The largest absolute Gasteiger partial charge is 0.497 e. The van der Waals surface area contributed by atoms with Gasteiger partial charge >= 0.3 is 5.00 Å². The number of nitrogens with zero attached hydrogens (tertiary/aromatic N) is 1. The van der Waals surface area contributed by atoms with E-state index in [1.165, 1.54) is 13.2 Å². The third-order valence-electron chi connectivity index (χ3n) is 3.70. The van der Waals surface area contributed by atoms with E-state index < -0.39 is 21.8 Å². The lowest BCUT2D eigenvalue weighted by atomic mass is 9.91. The van der Waals surface area contributed by atoms with Crippen LogP contribution in [0, 0.1) is 10.1 Å². The van der Waals surface area contributed by atoms with Gasteiger partial charge < -0.3 is 9.47 Å². The van der Waals surface area contributed by atoms with Gasteiger partial charge in [-0.25, -0.2) is 0 Å². The van der Waals surface area contributed by atoms with Gasteiger partial charge in [0.05, 0.1) is 17.6 Å². The fourth-order valence-corrected chi connectivity index (χ4v) is 2.81. The van der Waals surface area contributed by atoms with Gasteiger partial charge in [-0.15, -0.1) is 0 Å². The average Bonchev–Trinajstić information content (AvgIpc) is 2.58. The quantitative estimate of drug-likeness (QED) is 0.373. The van der Waals surface area contributed by atoms with Crippen molar-refractivity contribution in [2.75, 3.05) is 7.11 Å². The first-order valence-corrected chi connectivity index (χ1v) is 7.14. The molecule has 118 valence electrons. The highest BCUT2D eigenvalue weighted by molar-refractivity contribution is 6.37. The first-order chi connectivity index (χ1) is 11.0. The van der Waals surface area contributed by atoms with E-state index in [1.807, 2.05) is 0 Å². The molecule has 0 aromatic heterocycles. The van der Waals surface area contributed by atoms with E-state index in [9.17, 15) is 14.9 Å². The van der Waals surface area contributed by atoms with E-state index in [1.54, 1.807) is 42.5 Å². The lowest BCUT2D eigenvalue weighted by Gasteiger charge is -2.32. The van der Waals surface area contributed by atoms with E-state index in [0.717, 1.165) is 0 Å². The van der Waals surface area contributed by atoms with E-state index in [4.69, 9.17) is 21.1 Å². The summed E-state index contributed by atoms with van der Waals surface area (Å²) in [5, 5.41) is 11.6. The van der Waals surface area contributed by atoms with E-state index in [-0.39, 0.29) is 11.3 Å². The minimum absolute atomic E-state index is 0.0957. The number of ether oxygens (including phenoxy) is 2. The molecule has 7 heteroatoms. The minimum atomic E-state index is -2.43. The van der Waals surface area contributed by atoms with Crippen molar-refractivity contribution in [1.29, 1.82) is 0 Å². The third-order valence-corrected chi connectivity index (χ3v) is 4.21. The number of fused-ring (bicyclic) bond motifs is 1. The zero-order valence-corrected chi connectivity index (χ0v) is 12.8. The molecular formula is C16H12ClNO5. The molecule has 2 unspecified atom stereocenters. The zero-order valence-electron chi connectivity index (χ0n) is 12.1. The molecule has 2 atom stereocenters. The summed E-state index contributed by atoms with van der Waals surface area (Å²) in [6.45, 7) is 0. The van der Waals surface area contributed by atoms with Crippen molar-refractivity contribution < 1.29 is 19.2 Å². The number of carbonyl (C=O) groups excluding carboxylic acids is 1. The Morgan fingerprint density at radius 2 is 2.00 bits per heavy atom. The van der Waals surface area contributed by atoms with Gasteiger partial charge in [0.2, 0.25) is 6.10 Å². The predicted molar refractivity (Wildman–Crippen MR) is 82.7 cm³/mol. The molecule has 6 nitrogen and oxygen atoms in total. The predicted octanol–water partition coefficient (Wildman–Crippen LogP) is 3.22. The molecular weight excluding hydrogens is 322 g/mol. The Hall–Kier alpha value is -2.60. The van der Waals surface area contributed by atoms with Crippen LogP contribution in [0.1, 0.15) is 22.0 Å². The molecule has 1 aliphatic rings. The highest BCUT2D eigenvalue weighted by Gasteiger charge is 2.62. The molecule has 0 fully saturated rings. The molecule has 0 aliphatic carbocycles. The van der Waals surface area contributed by atoms with Crippen molar-refractivity contribution in [1.82, 2.24) is 0 Å². The monoisotopic (exact) mass is 333 g/mol. The molecule has 1 heterocycles. The number of hydrogen-bond donors (Lipinski definition) is 0. The summed E-state index contributed by atoms with van der Waals surface area (Å²) in [5.74, 6) is -0.0398. The van der Waals surface area contributed by atoms with Gasteiger partial charge in [0.1, 0.15) is 11.5 Å². The molecule has 0 radical (unpaired) electrons. The third kappa shape index (κ3) is 2.31. The van der Waals surface area contributed by atoms with Crippen LogP contribution >= 0.6 is 11.6 Å². The molecule has 1 aliphatic heterocycles. The summed E-state index contributed by atoms with van der Waals surface area (Å²) in [7, 11) is 1.47. The Labute approximate surface area is 136 Å². The Bertz CT molecular complexity index is 794. The maximum atomic E-state index is 12.6. The standard InChI is InChI=1S/C16H12ClNO5/c1-22-11-6-4-5-10(9-11)15-16(17,18(20)21)14(19)12-7-2-3-8-13(12)23-15/h2-9,15H,1H3. The second kappa shape index (κ2) is 5.55. The number of alkyl halides is 1. The van der Waals surface area contributed by atoms with Crippen LogP contribution < -0.4 is 9.47 Å². The Balaban J connectivity index is 2.18. The van der Waals surface area contributed by atoms with Gasteiger partial charge in [-0.1, -0.05) is 24.3 Å². The Morgan fingerprint density at radius 1 is 1.26 bits per heavy atom. The van der Waals surface area contributed by atoms with Gasteiger partial charge in [0.25, 0.3) is 5.78 Å². The van der Waals surface area contributed by atoms with Crippen LogP contribution in [0.15, 0.2) is 48.5 Å². The molecule has 0 amide bonds. The molecule has 3 rings (SSSR count). The van der Waals surface area contributed by atoms with Crippen LogP contribution in [0.25, 0.3) is 0 Å². The number of para-hydroxylation sites is 1. The van der Waals surface area contributed by atoms with Gasteiger partial charge in [0.15, 0.2) is 0 Å². The highest BCUT2D eigenvalue weighted by Crippen LogP contribution is 2.45. The number of rotatable bonds is 3. The van der Waals surface area contributed by atoms with Crippen molar-refractivity contribution in [2.45, 2.75) is 11.1 Å². The summed E-state index contributed by atoms with van der Waals surface area (Å²) >= 11 is 6.17. The topological polar surface area (TPSA) is 78.7 Å². The molecule has 2 aromatic carbocycles. The highest BCUT2D eigenvalue weighted by atomic mass is 35.5. The SMILES string of the molecule is COc1cccc(C2Oc3ccccc3C(=O)C2(Cl)[N+](=O)[O-])c1. The lowest BCUT2D eigenvalue weighted by Crippen LogP contribution is -2.51. The molecule has 0 saturated carbocycles.